The van der Waals surface area contributed by atoms with Crippen molar-refractivity contribution in [1.82, 2.24) is 0 Å². The molecule has 0 fully saturated rings. The van der Waals surface area contributed by atoms with E-state index in [1.54, 1.807) is 24.3 Å². The van der Waals surface area contributed by atoms with E-state index in [4.69, 9.17) is 14.2 Å². The predicted octanol–water partition coefficient (Wildman–Crippen LogP) is 4.23. The minimum Gasteiger partial charge on any atom is -0.508 e. The summed E-state index contributed by atoms with van der Waals surface area (Å²) in [5.41, 5.74) is 0.650. The van der Waals surface area contributed by atoms with Gasteiger partial charge in [-0.25, -0.2) is 9.59 Å². The number of rotatable bonds is 3. The van der Waals surface area contributed by atoms with E-state index in [0.717, 1.165) is 0 Å². The number of carbonyl (C=O) groups excluding carboxylic acids is 2. The standard InChI is InChI=1S/C24H18O7/c1-2-9-29-22(27)13-3-6-16-19(10-13)24(31-23(16)28)17-7-4-14(25)11-20(17)30-21-12-15(26)5-8-18(21)24/h3-8,10-12,25-26H,2,9H2,1H3. The lowest BCUT2D eigenvalue weighted by atomic mass is 9.77. The highest BCUT2D eigenvalue weighted by atomic mass is 16.6. The first-order valence-electron chi connectivity index (χ1n) is 9.84. The van der Waals surface area contributed by atoms with Gasteiger partial charge in [0.15, 0.2) is 5.60 Å². The fraction of sp³-hybridized carbons (Fsp3) is 0.167. The van der Waals surface area contributed by atoms with Crippen LogP contribution >= 0.6 is 0 Å². The molecular weight excluding hydrogens is 400 g/mol. The van der Waals surface area contributed by atoms with Gasteiger partial charge < -0.3 is 24.4 Å². The molecule has 0 aliphatic carbocycles. The molecule has 2 aliphatic heterocycles. The second-order valence-corrected chi connectivity index (χ2v) is 7.43. The second kappa shape index (κ2) is 6.77. The van der Waals surface area contributed by atoms with Crippen molar-refractivity contribution >= 4 is 11.9 Å². The lowest BCUT2D eigenvalue weighted by Crippen LogP contribution is -2.33. The maximum absolute atomic E-state index is 12.9. The highest BCUT2D eigenvalue weighted by molar-refractivity contribution is 5.99. The number of esters is 2. The van der Waals surface area contributed by atoms with Crippen LogP contribution in [0.2, 0.25) is 0 Å². The third-order valence-electron chi connectivity index (χ3n) is 5.45. The van der Waals surface area contributed by atoms with Crippen molar-refractivity contribution in [1.29, 1.82) is 0 Å². The number of phenols is 2. The van der Waals surface area contributed by atoms with Crippen LogP contribution in [0.4, 0.5) is 0 Å². The number of carbonyl (C=O) groups is 2. The normalized spacial score (nSPS) is 14.8. The fourth-order valence-electron chi connectivity index (χ4n) is 4.10. The van der Waals surface area contributed by atoms with E-state index in [0.29, 0.717) is 28.7 Å². The van der Waals surface area contributed by atoms with Gasteiger partial charge in [-0.05, 0) is 48.9 Å². The minimum atomic E-state index is -1.40. The average molecular weight is 418 g/mol. The molecule has 5 rings (SSSR count). The molecule has 1 spiro atoms. The molecule has 0 saturated carbocycles. The highest BCUT2D eigenvalue weighted by Crippen LogP contribution is 2.57. The summed E-state index contributed by atoms with van der Waals surface area (Å²) in [6.07, 6.45) is 0.688. The van der Waals surface area contributed by atoms with Crippen LogP contribution in [-0.2, 0) is 15.1 Å². The molecule has 0 unspecified atom stereocenters. The van der Waals surface area contributed by atoms with Gasteiger partial charge in [-0.2, -0.15) is 0 Å². The van der Waals surface area contributed by atoms with E-state index in [9.17, 15) is 19.8 Å². The van der Waals surface area contributed by atoms with Crippen molar-refractivity contribution < 1.29 is 34.0 Å². The predicted molar refractivity (Wildman–Crippen MR) is 109 cm³/mol. The monoisotopic (exact) mass is 418 g/mol. The molecule has 3 aromatic rings. The molecule has 31 heavy (non-hydrogen) atoms. The van der Waals surface area contributed by atoms with E-state index in [-0.39, 0.29) is 35.2 Å². The molecule has 0 aromatic heterocycles. The van der Waals surface area contributed by atoms with Gasteiger partial charge in [0, 0.05) is 28.8 Å². The Morgan fingerprint density at radius 3 is 2.19 bits per heavy atom. The zero-order valence-corrected chi connectivity index (χ0v) is 16.5. The van der Waals surface area contributed by atoms with Crippen LogP contribution in [-0.4, -0.2) is 28.8 Å². The van der Waals surface area contributed by atoms with E-state index in [1.165, 1.54) is 30.3 Å². The third-order valence-corrected chi connectivity index (χ3v) is 5.45. The van der Waals surface area contributed by atoms with E-state index < -0.39 is 17.5 Å². The van der Waals surface area contributed by atoms with Crippen molar-refractivity contribution in [2.45, 2.75) is 18.9 Å². The number of ether oxygens (including phenoxy) is 3. The van der Waals surface area contributed by atoms with Gasteiger partial charge in [0.2, 0.25) is 0 Å². The minimum absolute atomic E-state index is 0.0288. The second-order valence-electron chi connectivity index (χ2n) is 7.43. The smallest absolute Gasteiger partial charge is 0.340 e. The van der Waals surface area contributed by atoms with Crippen LogP contribution in [0.25, 0.3) is 0 Å². The number of phenolic OH excluding ortho intramolecular Hbond substituents is 2. The lowest BCUT2D eigenvalue weighted by molar-refractivity contribution is 0.0224. The molecule has 0 atom stereocenters. The van der Waals surface area contributed by atoms with Gasteiger partial charge >= 0.3 is 11.9 Å². The molecule has 2 heterocycles. The van der Waals surface area contributed by atoms with E-state index >= 15 is 0 Å². The summed E-state index contributed by atoms with van der Waals surface area (Å²) in [5, 5.41) is 19.9. The zero-order chi connectivity index (χ0) is 21.8. The average Bonchev–Trinajstić information content (AvgIpc) is 3.04. The fourth-order valence-corrected chi connectivity index (χ4v) is 4.10. The Morgan fingerprint density at radius 1 is 0.935 bits per heavy atom. The van der Waals surface area contributed by atoms with E-state index in [1.807, 2.05) is 6.92 Å². The number of benzene rings is 3. The quantitative estimate of drug-likeness (QED) is 0.614. The Hall–Kier alpha value is -4.00. The molecule has 3 aromatic carbocycles. The van der Waals surface area contributed by atoms with Crippen LogP contribution < -0.4 is 4.74 Å². The first-order chi connectivity index (χ1) is 14.9. The largest absolute Gasteiger partial charge is 0.508 e. The van der Waals surface area contributed by atoms with Crippen LogP contribution in [0.3, 0.4) is 0 Å². The molecule has 2 aliphatic rings. The summed E-state index contributed by atoms with van der Waals surface area (Å²) < 4.78 is 17.1. The van der Waals surface area contributed by atoms with Crippen molar-refractivity contribution in [2.24, 2.45) is 0 Å². The summed E-state index contributed by atoms with van der Waals surface area (Å²) in [7, 11) is 0. The lowest BCUT2D eigenvalue weighted by Gasteiger charge is -2.36. The Morgan fingerprint density at radius 2 is 1.58 bits per heavy atom. The Balaban J connectivity index is 1.78. The topological polar surface area (TPSA) is 102 Å². The van der Waals surface area contributed by atoms with Crippen LogP contribution in [0, 0.1) is 0 Å². The number of hydrogen-bond acceptors (Lipinski definition) is 7. The molecule has 7 nitrogen and oxygen atoms in total. The van der Waals surface area contributed by atoms with Crippen molar-refractivity contribution in [3.05, 3.63) is 82.4 Å². The van der Waals surface area contributed by atoms with Gasteiger partial charge in [0.25, 0.3) is 0 Å². The molecular formula is C24H18O7. The summed E-state index contributed by atoms with van der Waals surface area (Å²) in [6, 6.07) is 13.7. The summed E-state index contributed by atoms with van der Waals surface area (Å²) >= 11 is 0. The van der Waals surface area contributed by atoms with Crippen molar-refractivity contribution in [3.8, 4) is 23.0 Å². The first-order valence-corrected chi connectivity index (χ1v) is 9.84. The number of fused-ring (bicyclic) bond motifs is 6. The first kappa shape index (κ1) is 19.0. The van der Waals surface area contributed by atoms with Crippen molar-refractivity contribution in [2.75, 3.05) is 6.61 Å². The molecule has 0 bridgehead atoms. The van der Waals surface area contributed by atoms with Gasteiger partial charge in [0.05, 0.1) is 17.7 Å². The van der Waals surface area contributed by atoms with Gasteiger partial charge in [0.1, 0.15) is 23.0 Å². The Kier molecular flexibility index (Phi) is 4.15. The number of hydrogen-bond donors (Lipinski definition) is 2. The van der Waals surface area contributed by atoms with Crippen LogP contribution in [0.15, 0.2) is 54.6 Å². The summed E-state index contributed by atoms with van der Waals surface area (Å²) in [5.74, 6) is -0.556. The molecule has 2 N–H and O–H groups in total. The summed E-state index contributed by atoms with van der Waals surface area (Å²) in [4.78, 5) is 25.4. The molecule has 0 radical (unpaired) electrons. The summed E-state index contributed by atoms with van der Waals surface area (Å²) in [6.45, 7) is 2.19. The Bertz CT molecular complexity index is 1190. The Labute approximate surface area is 177 Å². The van der Waals surface area contributed by atoms with E-state index in [2.05, 4.69) is 0 Å². The maximum Gasteiger partial charge on any atom is 0.340 e. The molecule has 0 amide bonds. The van der Waals surface area contributed by atoms with Crippen molar-refractivity contribution in [3.63, 3.8) is 0 Å². The van der Waals surface area contributed by atoms with Gasteiger partial charge in [-0.15, -0.1) is 0 Å². The molecule has 7 heteroatoms. The SMILES string of the molecule is CCCOC(=O)c1ccc2c(c1)C1(OC2=O)c2ccc(O)cc2Oc2cc(O)ccc21. The zero-order valence-electron chi connectivity index (χ0n) is 16.5. The van der Waals surface area contributed by atoms with Gasteiger partial charge in [-0.1, -0.05) is 6.92 Å². The van der Waals surface area contributed by atoms with Crippen LogP contribution in [0.1, 0.15) is 50.8 Å². The number of aromatic hydroxyl groups is 2. The highest BCUT2D eigenvalue weighted by Gasteiger charge is 2.53. The maximum atomic E-state index is 12.9. The molecule has 0 saturated heterocycles. The molecule has 156 valence electrons. The van der Waals surface area contributed by atoms with Crippen LogP contribution in [0.5, 0.6) is 23.0 Å². The van der Waals surface area contributed by atoms with Gasteiger partial charge in [-0.3, -0.25) is 0 Å². The third kappa shape index (κ3) is 2.73.